The predicted octanol–water partition coefficient (Wildman–Crippen LogP) is 2.91. The van der Waals surface area contributed by atoms with Crippen LogP contribution in [0.25, 0.3) is 0 Å². The molecule has 0 spiro atoms. The van der Waals surface area contributed by atoms with E-state index < -0.39 is 0 Å². The van der Waals surface area contributed by atoms with Gasteiger partial charge in [0.2, 0.25) is 0 Å². The molecule has 5 heteroatoms. The number of hydrogen-bond acceptors (Lipinski definition) is 3. The van der Waals surface area contributed by atoms with Gasteiger partial charge in [0.15, 0.2) is 5.11 Å². The second kappa shape index (κ2) is 6.95. The number of hydrogen-bond donors (Lipinski definition) is 2. The normalized spacial score (nSPS) is 10.0. The molecule has 2 aromatic carbocycles. The maximum atomic E-state index is 9.29. The number of benzene rings is 2. The van der Waals surface area contributed by atoms with Crippen LogP contribution < -0.4 is 15.0 Å². The number of nitrogens with one attached hydrogen (secondary N) is 1. The Hall–Kier alpha value is -2.27. The van der Waals surface area contributed by atoms with Crippen LogP contribution in [0.3, 0.4) is 0 Å². The van der Waals surface area contributed by atoms with E-state index >= 15 is 0 Å². The van der Waals surface area contributed by atoms with Crippen LogP contribution in [0.15, 0.2) is 48.5 Å². The van der Waals surface area contributed by atoms with Crippen molar-refractivity contribution in [1.29, 1.82) is 0 Å². The summed E-state index contributed by atoms with van der Waals surface area (Å²) >= 11 is 5.37. The van der Waals surface area contributed by atoms with Gasteiger partial charge in [0.05, 0.1) is 7.11 Å². The van der Waals surface area contributed by atoms with Gasteiger partial charge in [-0.2, -0.15) is 0 Å². The molecule has 4 nitrogen and oxygen atoms in total. The lowest BCUT2D eigenvalue weighted by Crippen LogP contribution is -2.36. The lowest BCUT2D eigenvalue weighted by molar-refractivity contribution is 0.414. The topological polar surface area (TPSA) is 44.7 Å². The third kappa shape index (κ3) is 4.10. The monoisotopic (exact) mass is 302 g/mol. The molecular formula is C16H18N2O2S. The number of anilines is 1. The Bertz CT molecular complexity index is 597. The van der Waals surface area contributed by atoms with Gasteiger partial charge in [-0.3, -0.25) is 0 Å². The minimum Gasteiger partial charge on any atom is -0.508 e. The molecule has 0 aliphatic carbocycles. The Kier molecular flexibility index (Phi) is 5.00. The third-order valence-corrected chi connectivity index (χ3v) is 3.56. The quantitative estimate of drug-likeness (QED) is 0.850. The van der Waals surface area contributed by atoms with Crippen LogP contribution in [0.2, 0.25) is 0 Å². The minimum absolute atomic E-state index is 0.240. The second-order valence-electron chi connectivity index (χ2n) is 4.58. The Balaban J connectivity index is 1.92. The van der Waals surface area contributed by atoms with Gasteiger partial charge in [-0.25, -0.2) is 0 Å². The average Bonchev–Trinajstić information content (AvgIpc) is 2.53. The van der Waals surface area contributed by atoms with Crippen molar-refractivity contribution in [2.24, 2.45) is 0 Å². The average molecular weight is 302 g/mol. The number of phenolic OH excluding ortho intramolecular Hbond substituents is 1. The molecule has 110 valence electrons. The van der Waals surface area contributed by atoms with Gasteiger partial charge in [0.25, 0.3) is 0 Å². The summed E-state index contributed by atoms with van der Waals surface area (Å²) in [6.45, 7) is 0.644. The van der Waals surface area contributed by atoms with Gasteiger partial charge in [0, 0.05) is 19.3 Å². The van der Waals surface area contributed by atoms with Crippen molar-refractivity contribution in [3.63, 3.8) is 0 Å². The van der Waals surface area contributed by atoms with E-state index in [2.05, 4.69) is 5.32 Å². The molecule has 0 unspecified atom stereocenters. The molecule has 21 heavy (non-hydrogen) atoms. The highest BCUT2D eigenvalue weighted by Gasteiger charge is 2.06. The molecule has 0 bridgehead atoms. The summed E-state index contributed by atoms with van der Waals surface area (Å²) in [4.78, 5) is 1.86. The van der Waals surface area contributed by atoms with Crippen LogP contribution in [-0.2, 0) is 6.54 Å². The van der Waals surface area contributed by atoms with E-state index in [1.165, 1.54) is 0 Å². The summed E-state index contributed by atoms with van der Waals surface area (Å²) in [6, 6.07) is 14.7. The molecule has 2 rings (SSSR count). The Morgan fingerprint density at radius 3 is 2.33 bits per heavy atom. The summed E-state index contributed by atoms with van der Waals surface area (Å²) in [6.07, 6.45) is 0. The van der Waals surface area contributed by atoms with Crippen molar-refractivity contribution in [2.45, 2.75) is 6.54 Å². The van der Waals surface area contributed by atoms with Gasteiger partial charge in [-0.1, -0.05) is 12.1 Å². The van der Waals surface area contributed by atoms with E-state index in [9.17, 15) is 5.11 Å². The van der Waals surface area contributed by atoms with Gasteiger partial charge < -0.3 is 20.1 Å². The molecule has 0 heterocycles. The molecule has 0 aromatic heterocycles. The SMILES string of the molecule is COc1ccc(CNC(=S)N(C)c2ccc(O)cc2)cc1. The van der Waals surface area contributed by atoms with E-state index in [4.69, 9.17) is 17.0 Å². The molecule has 0 aliphatic rings. The fourth-order valence-corrected chi connectivity index (χ4v) is 2.01. The number of methoxy groups -OCH3 is 1. The standard InChI is InChI=1S/C16H18N2O2S/c1-18(13-5-7-14(19)8-6-13)16(21)17-11-12-3-9-15(20-2)10-4-12/h3-10,19H,11H2,1-2H3,(H,17,21). The Morgan fingerprint density at radius 2 is 1.76 bits per heavy atom. The van der Waals surface area contributed by atoms with Gasteiger partial charge in [0.1, 0.15) is 11.5 Å². The highest BCUT2D eigenvalue weighted by Crippen LogP contribution is 2.17. The number of rotatable bonds is 4. The molecule has 2 N–H and O–H groups in total. The molecule has 0 saturated carbocycles. The molecular weight excluding hydrogens is 284 g/mol. The van der Waals surface area contributed by atoms with Gasteiger partial charge in [-0.15, -0.1) is 0 Å². The van der Waals surface area contributed by atoms with Crippen LogP contribution in [0.1, 0.15) is 5.56 Å². The highest BCUT2D eigenvalue weighted by atomic mass is 32.1. The first kappa shape index (κ1) is 15.1. The molecule has 0 saturated heterocycles. The zero-order valence-corrected chi connectivity index (χ0v) is 12.9. The molecule has 0 atom stereocenters. The molecule has 2 aromatic rings. The summed E-state index contributed by atoms with van der Waals surface area (Å²) in [5.74, 6) is 1.08. The lowest BCUT2D eigenvalue weighted by Gasteiger charge is -2.21. The number of nitrogens with zero attached hydrogens (tertiary/aromatic N) is 1. The highest BCUT2D eigenvalue weighted by molar-refractivity contribution is 7.80. The van der Waals surface area contributed by atoms with Crippen LogP contribution in [0.5, 0.6) is 11.5 Å². The zero-order valence-electron chi connectivity index (χ0n) is 12.0. The van der Waals surface area contributed by atoms with E-state index in [1.54, 1.807) is 19.2 Å². The van der Waals surface area contributed by atoms with Gasteiger partial charge in [-0.05, 0) is 54.2 Å². The third-order valence-electron chi connectivity index (χ3n) is 3.14. The number of thiocarbonyl (C=S) groups is 1. The number of phenols is 1. The zero-order chi connectivity index (χ0) is 15.2. The largest absolute Gasteiger partial charge is 0.508 e. The van der Waals surface area contributed by atoms with Gasteiger partial charge >= 0.3 is 0 Å². The van der Waals surface area contributed by atoms with Crippen molar-refractivity contribution >= 4 is 23.0 Å². The molecule has 0 amide bonds. The minimum atomic E-state index is 0.240. The molecule has 0 aliphatic heterocycles. The first-order valence-electron chi connectivity index (χ1n) is 6.53. The van der Waals surface area contributed by atoms with Crippen molar-refractivity contribution in [3.8, 4) is 11.5 Å². The van der Waals surface area contributed by atoms with Crippen molar-refractivity contribution < 1.29 is 9.84 Å². The fourth-order valence-electron chi connectivity index (χ4n) is 1.83. The second-order valence-corrected chi connectivity index (χ2v) is 4.97. The number of ether oxygens (including phenoxy) is 1. The van der Waals surface area contributed by atoms with Crippen molar-refractivity contribution in [3.05, 3.63) is 54.1 Å². The smallest absolute Gasteiger partial charge is 0.173 e. The first-order valence-corrected chi connectivity index (χ1v) is 6.94. The van der Waals surface area contributed by atoms with E-state index in [1.807, 2.05) is 48.3 Å². The Labute approximate surface area is 130 Å². The van der Waals surface area contributed by atoms with Crippen LogP contribution in [-0.4, -0.2) is 24.4 Å². The summed E-state index contributed by atoms with van der Waals surface area (Å²) in [5, 5.41) is 13.1. The maximum absolute atomic E-state index is 9.29. The van der Waals surface area contributed by atoms with Crippen LogP contribution in [0, 0.1) is 0 Å². The molecule has 0 fully saturated rings. The number of aromatic hydroxyl groups is 1. The lowest BCUT2D eigenvalue weighted by atomic mass is 10.2. The molecule has 0 radical (unpaired) electrons. The maximum Gasteiger partial charge on any atom is 0.173 e. The predicted molar refractivity (Wildman–Crippen MR) is 88.9 cm³/mol. The van der Waals surface area contributed by atoms with E-state index in [0.717, 1.165) is 17.0 Å². The van der Waals surface area contributed by atoms with Crippen LogP contribution >= 0.6 is 12.2 Å². The Morgan fingerprint density at radius 1 is 1.14 bits per heavy atom. The van der Waals surface area contributed by atoms with Crippen molar-refractivity contribution in [1.82, 2.24) is 5.32 Å². The first-order chi connectivity index (χ1) is 10.1. The van der Waals surface area contributed by atoms with E-state index in [-0.39, 0.29) is 5.75 Å². The summed E-state index contributed by atoms with van der Waals surface area (Å²) < 4.78 is 5.13. The summed E-state index contributed by atoms with van der Waals surface area (Å²) in [5.41, 5.74) is 2.04. The van der Waals surface area contributed by atoms with E-state index in [0.29, 0.717) is 11.7 Å². The van der Waals surface area contributed by atoms with Crippen LogP contribution in [0.4, 0.5) is 5.69 Å². The summed E-state index contributed by atoms with van der Waals surface area (Å²) in [7, 11) is 3.53. The van der Waals surface area contributed by atoms with Crippen molar-refractivity contribution in [2.75, 3.05) is 19.1 Å². The fraction of sp³-hybridized carbons (Fsp3) is 0.188.